The topological polar surface area (TPSA) is 74.6 Å². The van der Waals surface area contributed by atoms with Crippen molar-refractivity contribution < 1.29 is 18.1 Å². The lowest BCUT2D eigenvalue weighted by atomic mass is 10.2. The van der Waals surface area contributed by atoms with Crippen LogP contribution in [0.2, 0.25) is 5.02 Å². The molecule has 0 heterocycles. The number of rotatable bonds is 2. The molecular weight excluding hydrogens is 295 g/mol. The van der Waals surface area contributed by atoms with E-state index >= 15 is 0 Å². The molecule has 0 saturated heterocycles. The van der Waals surface area contributed by atoms with Gasteiger partial charge < -0.3 is 5.11 Å². The van der Waals surface area contributed by atoms with Gasteiger partial charge in [-0.15, -0.1) is 0 Å². The van der Waals surface area contributed by atoms with Gasteiger partial charge in [0, 0.05) is 4.47 Å². The van der Waals surface area contributed by atoms with Crippen LogP contribution in [0.3, 0.4) is 0 Å². The lowest BCUT2D eigenvalue weighted by molar-refractivity contribution is 0.238. The van der Waals surface area contributed by atoms with Gasteiger partial charge in [0.15, 0.2) is 0 Å². The van der Waals surface area contributed by atoms with Crippen LogP contribution in [-0.2, 0) is 10.1 Å². The maximum Gasteiger partial charge on any atom is 0.296 e. The summed E-state index contributed by atoms with van der Waals surface area (Å²) in [4.78, 5) is 0. The Morgan fingerprint density at radius 3 is 2.43 bits per heavy atom. The molecule has 1 atom stereocenters. The van der Waals surface area contributed by atoms with Gasteiger partial charge in [-0.2, -0.15) is 8.42 Å². The van der Waals surface area contributed by atoms with Crippen LogP contribution in [0, 0.1) is 0 Å². The Morgan fingerprint density at radius 2 is 2.00 bits per heavy atom. The Kier molecular flexibility index (Phi) is 3.54. The van der Waals surface area contributed by atoms with Gasteiger partial charge in [0.2, 0.25) is 5.44 Å². The fraction of sp³-hybridized carbons (Fsp3) is 0.143. The summed E-state index contributed by atoms with van der Waals surface area (Å²) in [6.07, 6.45) is 0. The highest BCUT2D eigenvalue weighted by Gasteiger charge is 2.22. The summed E-state index contributed by atoms with van der Waals surface area (Å²) in [5.41, 5.74) is -1.90. The number of hydrogen-bond acceptors (Lipinski definition) is 3. The highest BCUT2D eigenvalue weighted by Crippen LogP contribution is 2.27. The molecule has 1 rings (SSSR count). The SMILES string of the molecule is O=S(=O)(O)C(O)c1ccc(Cl)c(Br)c1. The van der Waals surface area contributed by atoms with E-state index in [9.17, 15) is 13.5 Å². The molecule has 2 N–H and O–H groups in total. The largest absolute Gasteiger partial charge is 0.371 e. The molecule has 1 unspecified atom stereocenters. The molecule has 0 aliphatic carbocycles. The van der Waals surface area contributed by atoms with Crippen LogP contribution in [0.25, 0.3) is 0 Å². The second-order valence-electron chi connectivity index (χ2n) is 2.54. The van der Waals surface area contributed by atoms with E-state index in [1.54, 1.807) is 0 Å². The summed E-state index contributed by atoms with van der Waals surface area (Å²) in [5, 5.41) is 9.56. The quantitative estimate of drug-likeness (QED) is 0.819. The molecule has 1 aromatic carbocycles. The molecule has 0 aliphatic heterocycles. The third-order valence-corrected chi connectivity index (χ3v) is 3.56. The monoisotopic (exact) mass is 300 g/mol. The Morgan fingerprint density at radius 1 is 1.43 bits per heavy atom. The minimum absolute atomic E-state index is 0.0452. The van der Waals surface area contributed by atoms with Crippen LogP contribution in [0.5, 0.6) is 0 Å². The summed E-state index contributed by atoms with van der Waals surface area (Å²) >= 11 is 8.72. The van der Waals surface area contributed by atoms with E-state index in [-0.39, 0.29) is 5.56 Å². The van der Waals surface area contributed by atoms with Crippen molar-refractivity contribution in [2.45, 2.75) is 5.44 Å². The van der Waals surface area contributed by atoms with Crippen LogP contribution < -0.4 is 0 Å². The second kappa shape index (κ2) is 4.16. The first-order valence-corrected chi connectivity index (χ1v) is 6.09. The lowest BCUT2D eigenvalue weighted by Gasteiger charge is -2.08. The molecule has 14 heavy (non-hydrogen) atoms. The average Bonchev–Trinajstić information content (AvgIpc) is 2.07. The van der Waals surface area contributed by atoms with E-state index in [1.165, 1.54) is 18.2 Å². The highest BCUT2D eigenvalue weighted by molar-refractivity contribution is 9.10. The van der Waals surface area contributed by atoms with Crippen LogP contribution in [0.1, 0.15) is 11.0 Å². The third kappa shape index (κ3) is 2.68. The zero-order chi connectivity index (χ0) is 10.9. The van der Waals surface area contributed by atoms with Crippen molar-refractivity contribution in [3.05, 3.63) is 33.3 Å². The Bertz CT molecular complexity index is 445. The van der Waals surface area contributed by atoms with Gasteiger partial charge in [-0.3, -0.25) is 4.55 Å². The standard InChI is InChI=1S/C7H6BrClO4S/c8-5-3-4(1-2-6(5)9)7(10)14(11,12)13/h1-3,7,10H,(H,11,12,13). The maximum atomic E-state index is 10.6. The van der Waals surface area contributed by atoms with E-state index < -0.39 is 15.6 Å². The summed E-state index contributed by atoms with van der Waals surface area (Å²) in [7, 11) is -4.49. The lowest BCUT2D eigenvalue weighted by Crippen LogP contribution is -2.11. The van der Waals surface area contributed by atoms with Crippen molar-refractivity contribution in [3.8, 4) is 0 Å². The first-order chi connectivity index (χ1) is 6.32. The molecule has 0 aromatic heterocycles. The molecule has 0 amide bonds. The molecular formula is C7H6BrClO4S. The highest BCUT2D eigenvalue weighted by atomic mass is 79.9. The van der Waals surface area contributed by atoms with Crippen molar-refractivity contribution in [2.24, 2.45) is 0 Å². The smallest absolute Gasteiger partial charge is 0.296 e. The Balaban J connectivity index is 3.16. The minimum Gasteiger partial charge on any atom is -0.371 e. The number of aliphatic hydroxyl groups is 1. The van der Waals surface area contributed by atoms with Crippen LogP contribution in [-0.4, -0.2) is 18.1 Å². The summed E-state index contributed by atoms with van der Waals surface area (Å²) in [5.74, 6) is 0. The van der Waals surface area contributed by atoms with E-state index in [0.717, 1.165) is 0 Å². The van der Waals surface area contributed by atoms with Crippen molar-refractivity contribution in [3.63, 3.8) is 0 Å². The summed E-state index contributed by atoms with van der Waals surface area (Å²) in [6.45, 7) is 0. The van der Waals surface area contributed by atoms with Crippen molar-refractivity contribution in [1.29, 1.82) is 0 Å². The Labute approximate surface area is 94.4 Å². The number of aliphatic hydroxyl groups excluding tert-OH is 1. The molecule has 0 spiro atoms. The molecule has 0 radical (unpaired) electrons. The fourth-order valence-corrected chi connectivity index (χ4v) is 1.84. The van der Waals surface area contributed by atoms with E-state index in [1.807, 2.05) is 0 Å². The first kappa shape index (κ1) is 11.9. The molecule has 0 bridgehead atoms. The molecule has 78 valence electrons. The molecule has 1 aromatic rings. The molecule has 0 aliphatic rings. The first-order valence-electron chi connectivity index (χ1n) is 3.41. The molecule has 4 nitrogen and oxygen atoms in total. The zero-order valence-corrected chi connectivity index (χ0v) is 9.84. The second-order valence-corrected chi connectivity index (χ2v) is 5.28. The predicted molar refractivity (Wildman–Crippen MR) is 55.7 cm³/mol. The van der Waals surface area contributed by atoms with Crippen LogP contribution in [0.15, 0.2) is 22.7 Å². The van der Waals surface area contributed by atoms with Crippen molar-refractivity contribution in [1.82, 2.24) is 0 Å². The Hall–Kier alpha value is -0.140. The molecule has 0 fully saturated rings. The summed E-state index contributed by atoms with van der Waals surface area (Å²) in [6, 6.07) is 4.04. The van der Waals surface area contributed by atoms with Crippen LogP contribution in [0.4, 0.5) is 0 Å². The number of halogens is 2. The van der Waals surface area contributed by atoms with E-state index in [4.69, 9.17) is 16.2 Å². The summed E-state index contributed by atoms with van der Waals surface area (Å²) < 4.78 is 30.2. The van der Waals surface area contributed by atoms with Gasteiger partial charge in [-0.05, 0) is 33.6 Å². The van der Waals surface area contributed by atoms with Gasteiger partial charge >= 0.3 is 0 Å². The number of hydrogen-bond donors (Lipinski definition) is 2. The third-order valence-electron chi connectivity index (χ3n) is 1.51. The van der Waals surface area contributed by atoms with Crippen molar-refractivity contribution in [2.75, 3.05) is 0 Å². The maximum absolute atomic E-state index is 10.6. The van der Waals surface area contributed by atoms with Gasteiger partial charge in [-0.25, -0.2) is 0 Å². The van der Waals surface area contributed by atoms with E-state index in [2.05, 4.69) is 15.9 Å². The zero-order valence-electron chi connectivity index (χ0n) is 6.68. The van der Waals surface area contributed by atoms with Gasteiger partial charge in [0.1, 0.15) is 0 Å². The van der Waals surface area contributed by atoms with Gasteiger partial charge in [0.05, 0.1) is 5.02 Å². The average molecular weight is 302 g/mol. The number of benzene rings is 1. The molecule has 7 heteroatoms. The fourth-order valence-electron chi connectivity index (χ4n) is 0.838. The van der Waals surface area contributed by atoms with Crippen LogP contribution >= 0.6 is 27.5 Å². The normalized spacial score (nSPS) is 14.0. The van der Waals surface area contributed by atoms with E-state index in [0.29, 0.717) is 9.50 Å². The van der Waals surface area contributed by atoms with Gasteiger partial charge in [0.25, 0.3) is 10.1 Å². The predicted octanol–water partition coefficient (Wildman–Crippen LogP) is 1.98. The molecule has 0 saturated carbocycles. The minimum atomic E-state index is -4.49. The van der Waals surface area contributed by atoms with Crippen molar-refractivity contribution >= 4 is 37.6 Å². The van der Waals surface area contributed by atoms with Gasteiger partial charge in [-0.1, -0.05) is 17.7 Å².